The van der Waals surface area contributed by atoms with Crippen LogP contribution in [0.2, 0.25) is 0 Å². The van der Waals surface area contributed by atoms with Gasteiger partial charge in [-0.05, 0) is 32.1 Å². The van der Waals surface area contributed by atoms with Gasteiger partial charge in [0, 0.05) is 20.1 Å². The molecule has 1 amide bonds. The lowest BCUT2D eigenvalue weighted by Gasteiger charge is -2.25. The molecule has 0 N–H and O–H groups in total. The maximum Gasteiger partial charge on any atom is 0.241 e. The van der Waals surface area contributed by atoms with Crippen LogP contribution in [0, 0.1) is 5.92 Å². The number of fused-ring (bicyclic) bond motifs is 1. The molecule has 0 aliphatic carbocycles. The van der Waals surface area contributed by atoms with Crippen LogP contribution < -0.4 is 9.80 Å². The highest BCUT2D eigenvalue weighted by molar-refractivity contribution is 5.98. The van der Waals surface area contributed by atoms with E-state index in [1.54, 1.807) is 0 Å². The summed E-state index contributed by atoms with van der Waals surface area (Å²) in [6.07, 6.45) is 0. The predicted molar refractivity (Wildman–Crippen MR) is 79.8 cm³/mol. The van der Waals surface area contributed by atoms with E-state index in [2.05, 4.69) is 24.9 Å². The number of benzene rings is 1. The fraction of sp³-hybridized carbons (Fsp3) is 0.533. The van der Waals surface area contributed by atoms with E-state index in [-0.39, 0.29) is 5.91 Å². The van der Waals surface area contributed by atoms with Crippen molar-refractivity contribution in [2.24, 2.45) is 5.92 Å². The van der Waals surface area contributed by atoms with Crippen LogP contribution in [0.3, 0.4) is 0 Å². The van der Waals surface area contributed by atoms with Crippen LogP contribution in [0.4, 0.5) is 11.4 Å². The number of amides is 1. The SMILES string of the molecule is CC1CN(C)c2ccccc2N(C(=O)CN(C)C)C1. The van der Waals surface area contributed by atoms with E-state index >= 15 is 0 Å². The largest absolute Gasteiger partial charge is 0.373 e. The first-order valence-corrected chi connectivity index (χ1v) is 6.74. The Bertz CT molecular complexity index is 458. The number of carbonyl (C=O) groups is 1. The van der Waals surface area contributed by atoms with Crippen molar-refractivity contribution in [1.29, 1.82) is 0 Å². The molecular weight excluding hydrogens is 238 g/mol. The van der Waals surface area contributed by atoms with Gasteiger partial charge >= 0.3 is 0 Å². The van der Waals surface area contributed by atoms with E-state index in [0.29, 0.717) is 12.5 Å². The van der Waals surface area contributed by atoms with Gasteiger partial charge < -0.3 is 14.7 Å². The third-order valence-electron chi connectivity index (χ3n) is 3.42. The maximum atomic E-state index is 12.4. The first kappa shape index (κ1) is 13.9. The normalized spacial score (nSPS) is 19.3. The number of anilines is 2. The van der Waals surface area contributed by atoms with Gasteiger partial charge in [-0.15, -0.1) is 0 Å². The molecule has 104 valence electrons. The molecular formula is C15H23N3O. The molecule has 4 nitrogen and oxygen atoms in total. The molecule has 1 atom stereocenters. The van der Waals surface area contributed by atoms with E-state index in [1.165, 1.54) is 0 Å². The standard InChI is InChI=1S/C15H23N3O/c1-12-9-17(4)13-7-5-6-8-14(13)18(10-12)15(19)11-16(2)3/h5-8,12H,9-11H2,1-4H3. The number of likely N-dealkylation sites (N-methyl/N-ethyl adjacent to an activating group) is 1. The molecule has 1 aromatic rings. The first-order valence-electron chi connectivity index (χ1n) is 6.74. The van der Waals surface area contributed by atoms with Crippen LogP contribution in [-0.2, 0) is 4.79 Å². The Kier molecular flexibility index (Phi) is 4.10. The van der Waals surface area contributed by atoms with E-state index in [1.807, 2.05) is 42.1 Å². The van der Waals surface area contributed by atoms with Crippen molar-refractivity contribution in [1.82, 2.24) is 4.90 Å². The number of nitrogens with zero attached hydrogens (tertiary/aromatic N) is 3. The molecule has 4 heteroatoms. The highest BCUT2D eigenvalue weighted by Gasteiger charge is 2.26. The lowest BCUT2D eigenvalue weighted by Crippen LogP contribution is -2.40. The van der Waals surface area contributed by atoms with E-state index in [9.17, 15) is 4.79 Å². The molecule has 0 radical (unpaired) electrons. The lowest BCUT2D eigenvalue weighted by atomic mass is 10.1. The van der Waals surface area contributed by atoms with Crippen LogP contribution in [0.1, 0.15) is 6.92 Å². The minimum atomic E-state index is 0.166. The van der Waals surface area contributed by atoms with Gasteiger partial charge in [0.25, 0.3) is 0 Å². The third kappa shape index (κ3) is 3.07. The topological polar surface area (TPSA) is 26.8 Å². The highest BCUT2D eigenvalue weighted by Crippen LogP contribution is 2.32. The zero-order chi connectivity index (χ0) is 14.0. The molecule has 0 saturated carbocycles. The Labute approximate surface area is 115 Å². The number of hydrogen-bond acceptors (Lipinski definition) is 3. The van der Waals surface area contributed by atoms with Gasteiger partial charge in [-0.2, -0.15) is 0 Å². The van der Waals surface area contributed by atoms with Gasteiger partial charge in [0.15, 0.2) is 0 Å². The van der Waals surface area contributed by atoms with Gasteiger partial charge in [0.1, 0.15) is 0 Å². The summed E-state index contributed by atoms with van der Waals surface area (Å²) in [4.78, 5) is 18.5. The molecule has 19 heavy (non-hydrogen) atoms. The Morgan fingerprint density at radius 1 is 1.26 bits per heavy atom. The van der Waals surface area contributed by atoms with Crippen molar-refractivity contribution in [3.8, 4) is 0 Å². The summed E-state index contributed by atoms with van der Waals surface area (Å²) >= 11 is 0. The van der Waals surface area contributed by atoms with Crippen LogP contribution in [0.5, 0.6) is 0 Å². The highest BCUT2D eigenvalue weighted by atomic mass is 16.2. The third-order valence-corrected chi connectivity index (χ3v) is 3.42. The first-order chi connectivity index (χ1) is 8.99. The lowest BCUT2D eigenvalue weighted by molar-refractivity contribution is -0.119. The van der Waals surface area contributed by atoms with Crippen LogP contribution >= 0.6 is 0 Å². The van der Waals surface area contributed by atoms with Gasteiger partial charge in [0.05, 0.1) is 17.9 Å². The number of carbonyl (C=O) groups excluding carboxylic acids is 1. The number of hydrogen-bond donors (Lipinski definition) is 0. The Morgan fingerprint density at radius 2 is 1.89 bits per heavy atom. The molecule has 0 saturated heterocycles. The molecule has 1 unspecified atom stereocenters. The summed E-state index contributed by atoms with van der Waals surface area (Å²) in [5.41, 5.74) is 2.17. The average molecular weight is 261 g/mol. The quantitative estimate of drug-likeness (QED) is 0.810. The molecule has 2 rings (SSSR count). The van der Waals surface area contributed by atoms with E-state index in [0.717, 1.165) is 24.5 Å². The summed E-state index contributed by atoms with van der Waals surface area (Å²) in [7, 11) is 5.95. The van der Waals surface area contributed by atoms with Crippen molar-refractivity contribution in [3.05, 3.63) is 24.3 Å². The molecule has 0 bridgehead atoms. The van der Waals surface area contributed by atoms with Crippen LogP contribution in [-0.4, -0.2) is 51.6 Å². The molecule has 0 spiro atoms. The van der Waals surface area contributed by atoms with E-state index < -0.39 is 0 Å². The Hall–Kier alpha value is -1.55. The average Bonchev–Trinajstić information content (AvgIpc) is 2.46. The van der Waals surface area contributed by atoms with Crippen molar-refractivity contribution in [2.45, 2.75) is 6.92 Å². The summed E-state index contributed by atoms with van der Waals surface area (Å²) < 4.78 is 0. The second-order valence-electron chi connectivity index (χ2n) is 5.72. The van der Waals surface area contributed by atoms with Crippen LogP contribution in [0.25, 0.3) is 0 Å². The maximum absolute atomic E-state index is 12.4. The van der Waals surface area contributed by atoms with Crippen molar-refractivity contribution in [3.63, 3.8) is 0 Å². The summed E-state index contributed by atoms with van der Waals surface area (Å²) in [5, 5.41) is 0. The minimum Gasteiger partial charge on any atom is -0.373 e. The molecule has 1 aliphatic rings. The monoisotopic (exact) mass is 261 g/mol. The fourth-order valence-corrected chi connectivity index (χ4v) is 2.64. The molecule has 1 heterocycles. The number of para-hydroxylation sites is 2. The van der Waals surface area contributed by atoms with Crippen molar-refractivity contribution < 1.29 is 4.79 Å². The fourth-order valence-electron chi connectivity index (χ4n) is 2.64. The zero-order valence-corrected chi connectivity index (χ0v) is 12.3. The molecule has 1 aromatic carbocycles. The second-order valence-corrected chi connectivity index (χ2v) is 5.72. The second kappa shape index (κ2) is 5.61. The van der Waals surface area contributed by atoms with Gasteiger partial charge in [0.2, 0.25) is 5.91 Å². The Balaban J connectivity index is 2.36. The molecule has 0 aromatic heterocycles. The molecule has 1 aliphatic heterocycles. The van der Waals surface area contributed by atoms with Crippen molar-refractivity contribution in [2.75, 3.05) is 50.6 Å². The summed E-state index contributed by atoms with van der Waals surface area (Å²) in [5.74, 6) is 0.628. The van der Waals surface area contributed by atoms with Gasteiger partial charge in [-0.1, -0.05) is 19.1 Å². The van der Waals surface area contributed by atoms with Gasteiger partial charge in [-0.3, -0.25) is 4.79 Å². The predicted octanol–water partition coefficient (Wildman–Crippen LogP) is 1.67. The van der Waals surface area contributed by atoms with E-state index in [4.69, 9.17) is 0 Å². The van der Waals surface area contributed by atoms with Gasteiger partial charge in [-0.25, -0.2) is 0 Å². The number of rotatable bonds is 2. The Morgan fingerprint density at radius 3 is 2.53 bits per heavy atom. The summed E-state index contributed by atoms with van der Waals surface area (Å²) in [6, 6.07) is 8.15. The summed E-state index contributed by atoms with van der Waals surface area (Å²) in [6.45, 7) is 4.40. The molecule has 0 fully saturated rings. The smallest absolute Gasteiger partial charge is 0.241 e. The van der Waals surface area contributed by atoms with Crippen molar-refractivity contribution >= 4 is 17.3 Å². The zero-order valence-electron chi connectivity index (χ0n) is 12.3. The van der Waals surface area contributed by atoms with Crippen LogP contribution in [0.15, 0.2) is 24.3 Å². The minimum absolute atomic E-state index is 0.166.